The zero-order valence-electron chi connectivity index (χ0n) is 8.21. The van der Waals surface area contributed by atoms with Gasteiger partial charge in [-0.3, -0.25) is 0 Å². The van der Waals surface area contributed by atoms with Crippen molar-refractivity contribution in [3.8, 4) is 0 Å². The Morgan fingerprint density at radius 2 is 2.08 bits per heavy atom. The Bertz CT molecular complexity index is 138. The molecule has 0 spiro atoms. The van der Waals surface area contributed by atoms with Crippen molar-refractivity contribution in [3.05, 3.63) is 0 Å². The molecule has 1 aliphatic rings. The van der Waals surface area contributed by atoms with Crippen molar-refractivity contribution in [2.45, 2.75) is 19.9 Å². The predicted molar refractivity (Wildman–Crippen MR) is 48.1 cm³/mol. The van der Waals surface area contributed by atoms with Gasteiger partial charge in [0.1, 0.15) is 0 Å². The van der Waals surface area contributed by atoms with E-state index in [0.717, 1.165) is 6.54 Å². The molecule has 1 fully saturated rings. The molecule has 0 unspecified atom stereocenters. The molecule has 72 valence electrons. The first-order chi connectivity index (χ1) is 5.59. The van der Waals surface area contributed by atoms with Crippen molar-refractivity contribution in [2.24, 2.45) is 5.41 Å². The van der Waals surface area contributed by atoms with Gasteiger partial charge in [-0.15, -0.1) is 0 Å². The Hall–Kier alpha value is -0.120. The summed E-state index contributed by atoms with van der Waals surface area (Å²) in [6.45, 7) is 6.90. The summed E-state index contributed by atoms with van der Waals surface area (Å²) >= 11 is 0. The Morgan fingerprint density at radius 3 is 2.33 bits per heavy atom. The maximum atomic E-state index is 9.16. The molecule has 0 aromatic heterocycles. The molecule has 1 aliphatic heterocycles. The number of aliphatic hydroxyl groups excluding tert-OH is 1. The molecule has 0 atom stereocenters. The fourth-order valence-corrected chi connectivity index (χ4v) is 1.33. The van der Waals surface area contributed by atoms with Crippen LogP contribution in [0.5, 0.6) is 0 Å². The molecule has 0 radical (unpaired) electrons. The molecule has 0 aromatic rings. The third kappa shape index (κ3) is 1.97. The quantitative estimate of drug-likeness (QED) is 0.665. The summed E-state index contributed by atoms with van der Waals surface area (Å²) in [4.78, 5) is 2.25. The fraction of sp³-hybridized carbons (Fsp3) is 1.00. The van der Waals surface area contributed by atoms with Gasteiger partial charge in [0.05, 0.1) is 25.2 Å². The molecule has 3 nitrogen and oxygen atoms in total. The summed E-state index contributed by atoms with van der Waals surface area (Å²) in [5.74, 6) is 0. The van der Waals surface area contributed by atoms with Crippen LogP contribution in [-0.2, 0) is 4.74 Å². The number of rotatable bonds is 4. The van der Waals surface area contributed by atoms with E-state index in [9.17, 15) is 0 Å². The van der Waals surface area contributed by atoms with Crippen molar-refractivity contribution in [1.82, 2.24) is 4.90 Å². The van der Waals surface area contributed by atoms with Crippen molar-refractivity contribution < 1.29 is 9.84 Å². The highest BCUT2D eigenvalue weighted by atomic mass is 16.5. The average Bonchev–Trinajstić information content (AvgIpc) is 1.96. The Labute approximate surface area is 74.3 Å². The smallest absolute Gasteiger partial charge is 0.0579 e. The van der Waals surface area contributed by atoms with Gasteiger partial charge in [0.15, 0.2) is 0 Å². The van der Waals surface area contributed by atoms with Gasteiger partial charge >= 0.3 is 0 Å². The molecule has 1 N–H and O–H groups in total. The van der Waals surface area contributed by atoms with E-state index in [-0.39, 0.29) is 12.0 Å². The molecular formula is C9H19NO2. The number of hydrogen-bond donors (Lipinski definition) is 1. The summed E-state index contributed by atoms with van der Waals surface area (Å²) < 4.78 is 5.12. The second kappa shape index (κ2) is 3.73. The first-order valence-electron chi connectivity index (χ1n) is 4.48. The van der Waals surface area contributed by atoms with Crippen LogP contribution in [0.4, 0.5) is 0 Å². The van der Waals surface area contributed by atoms with E-state index < -0.39 is 0 Å². The lowest BCUT2D eigenvalue weighted by molar-refractivity contribution is -0.148. The second-order valence-corrected chi connectivity index (χ2v) is 4.16. The largest absolute Gasteiger partial charge is 0.396 e. The van der Waals surface area contributed by atoms with Crippen LogP contribution in [0.1, 0.15) is 13.8 Å². The van der Waals surface area contributed by atoms with Crippen molar-refractivity contribution in [3.63, 3.8) is 0 Å². The van der Waals surface area contributed by atoms with E-state index in [0.29, 0.717) is 19.3 Å². The number of aliphatic hydroxyl groups is 1. The highest BCUT2D eigenvalue weighted by molar-refractivity contribution is 4.87. The van der Waals surface area contributed by atoms with Gasteiger partial charge in [0, 0.05) is 12.6 Å². The summed E-state index contributed by atoms with van der Waals surface area (Å²) in [7, 11) is 2.08. The van der Waals surface area contributed by atoms with Crippen LogP contribution in [-0.4, -0.2) is 49.5 Å². The van der Waals surface area contributed by atoms with Crippen LogP contribution < -0.4 is 0 Å². The first-order valence-corrected chi connectivity index (χ1v) is 4.48. The van der Waals surface area contributed by atoms with Crippen molar-refractivity contribution in [2.75, 3.05) is 33.4 Å². The summed E-state index contributed by atoms with van der Waals surface area (Å²) in [5.41, 5.74) is 0.0268. The Balaban J connectivity index is 2.37. The van der Waals surface area contributed by atoms with E-state index in [1.54, 1.807) is 0 Å². The average molecular weight is 173 g/mol. The molecule has 0 bridgehead atoms. The molecule has 0 aliphatic carbocycles. The molecule has 1 rings (SSSR count). The van der Waals surface area contributed by atoms with E-state index in [1.807, 2.05) is 0 Å². The molecule has 3 heteroatoms. The topological polar surface area (TPSA) is 32.7 Å². The van der Waals surface area contributed by atoms with Gasteiger partial charge in [-0.25, -0.2) is 0 Å². The molecule has 0 saturated carbocycles. The van der Waals surface area contributed by atoms with Crippen LogP contribution >= 0.6 is 0 Å². The van der Waals surface area contributed by atoms with Crippen LogP contribution in [0.15, 0.2) is 0 Å². The number of ether oxygens (including phenoxy) is 1. The van der Waals surface area contributed by atoms with Gasteiger partial charge in [-0.05, 0) is 20.9 Å². The third-order valence-corrected chi connectivity index (χ3v) is 2.62. The fourth-order valence-electron chi connectivity index (χ4n) is 1.33. The van der Waals surface area contributed by atoms with E-state index >= 15 is 0 Å². The normalized spacial score (nSPS) is 21.5. The Kier molecular flexibility index (Phi) is 3.09. The number of hydrogen-bond acceptors (Lipinski definition) is 3. The third-order valence-electron chi connectivity index (χ3n) is 2.62. The lowest BCUT2D eigenvalue weighted by Gasteiger charge is -2.43. The van der Waals surface area contributed by atoms with Gasteiger partial charge in [0.2, 0.25) is 0 Å². The number of nitrogens with zero attached hydrogens (tertiary/aromatic N) is 1. The zero-order chi connectivity index (χ0) is 9.19. The molecule has 0 amide bonds. The van der Waals surface area contributed by atoms with E-state index in [4.69, 9.17) is 9.84 Å². The minimum Gasteiger partial charge on any atom is -0.396 e. The van der Waals surface area contributed by atoms with Crippen molar-refractivity contribution in [1.29, 1.82) is 0 Å². The van der Waals surface area contributed by atoms with E-state index in [2.05, 4.69) is 25.8 Å². The van der Waals surface area contributed by atoms with Crippen LogP contribution in [0.2, 0.25) is 0 Å². The summed E-state index contributed by atoms with van der Waals surface area (Å²) in [5, 5.41) is 9.16. The molecular weight excluding hydrogens is 154 g/mol. The van der Waals surface area contributed by atoms with Gasteiger partial charge in [0.25, 0.3) is 0 Å². The molecule has 12 heavy (non-hydrogen) atoms. The summed E-state index contributed by atoms with van der Waals surface area (Å²) in [6.07, 6.45) is 0. The van der Waals surface area contributed by atoms with Gasteiger partial charge < -0.3 is 14.7 Å². The standard InChI is InChI=1S/C9H19NO2/c1-8(2)10(3)4-9(5-11)6-12-7-9/h8,11H,4-7H2,1-3H3. The minimum atomic E-state index is 0.0268. The Morgan fingerprint density at radius 1 is 1.50 bits per heavy atom. The lowest BCUT2D eigenvalue weighted by Crippen LogP contribution is -2.53. The second-order valence-electron chi connectivity index (χ2n) is 4.16. The molecule has 1 saturated heterocycles. The summed E-state index contributed by atoms with van der Waals surface area (Å²) in [6, 6.07) is 0.536. The van der Waals surface area contributed by atoms with Gasteiger partial charge in [-0.1, -0.05) is 0 Å². The highest BCUT2D eigenvalue weighted by Gasteiger charge is 2.39. The van der Waals surface area contributed by atoms with Crippen LogP contribution in [0.3, 0.4) is 0 Å². The monoisotopic (exact) mass is 173 g/mol. The maximum Gasteiger partial charge on any atom is 0.0579 e. The molecule has 1 heterocycles. The van der Waals surface area contributed by atoms with Crippen LogP contribution in [0.25, 0.3) is 0 Å². The first kappa shape index (κ1) is 9.96. The zero-order valence-corrected chi connectivity index (χ0v) is 8.21. The van der Waals surface area contributed by atoms with Gasteiger partial charge in [-0.2, -0.15) is 0 Å². The van der Waals surface area contributed by atoms with Crippen LogP contribution in [0, 0.1) is 5.41 Å². The maximum absolute atomic E-state index is 9.16. The minimum absolute atomic E-state index is 0.0268. The van der Waals surface area contributed by atoms with Crippen molar-refractivity contribution >= 4 is 0 Å². The predicted octanol–water partition coefficient (Wildman–Crippen LogP) is 0.335. The highest BCUT2D eigenvalue weighted by Crippen LogP contribution is 2.27. The lowest BCUT2D eigenvalue weighted by atomic mass is 9.86. The SMILES string of the molecule is CC(C)N(C)CC1(CO)COC1. The molecule has 0 aromatic carbocycles. The van der Waals surface area contributed by atoms with E-state index in [1.165, 1.54) is 0 Å².